The summed E-state index contributed by atoms with van der Waals surface area (Å²) in [4.78, 5) is 16.2. The zero-order valence-electron chi connectivity index (χ0n) is 14.8. The lowest BCUT2D eigenvalue weighted by atomic mass is 9.86. The smallest absolute Gasteiger partial charge is 0.248 e. The Balaban J connectivity index is 1.45. The number of aromatic nitrogens is 3. The number of hydrogen-bond donors (Lipinski definition) is 1. The molecule has 2 aromatic heterocycles. The predicted octanol–water partition coefficient (Wildman–Crippen LogP) is 3.22. The Bertz CT molecular complexity index is 742. The number of rotatable bonds is 6. The summed E-state index contributed by atoms with van der Waals surface area (Å²) in [5, 5.41) is 10.5. The molecule has 142 valence electrons. The summed E-state index contributed by atoms with van der Waals surface area (Å²) in [6, 6.07) is 0. The maximum Gasteiger partial charge on any atom is 0.248 e. The second-order valence-corrected chi connectivity index (χ2v) is 6.76. The van der Waals surface area contributed by atoms with Crippen LogP contribution in [0.15, 0.2) is 9.05 Å². The lowest BCUT2D eigenvalue weighted by molar-refractivity contribution is -0.121. The second kappa shape index (κ2) is 7.51. The molecule has 1 amide bonds. The van der Waals surface area contributed by atoms with E-state index in [2.05, 4.69) is 20.6 Å². The number of aryl methyl sites for hydroxylation is 2. The zero-order chi connectivity index (χ0) is 18.7. The third-order valence-electron chi connectivity index (χ3n) is 4.79. The molecule has 1 N–H and O–H groups in total. The van der Waals surface area contributed by atoms with Crippen molar-refractivity contribution in [3.05, 3.63) is 28.7 Å². The molecular weight excluding hydrogens is 346 g/mol. The number of alkyl halides is 2. The minimum atomic E-state index is -2.59. The molecule has 1 saturated carbocycles. The first-order valence-corrected chi connectivity index (χ1v) is 8.73. The standard InChI is InChI=1S/C17H22F2N4O3/c1-10-13(11(2)25-22-10)3-4-14(24)20-9-15-21-16(23-26-15)12-5-7-17(18,19)8-6-12/h12H,3-9H2,1-2H3,(H,20,24). The Morgan fingerprint density at radius 2 is 1.96 bits per heavy atom. The van der Waals surface area contributed by atoms with E-state index in [-0.39, 0.29) is 37.1 Å². The van der Waals surface area contributed by atoms with Gasteiger partial charge in [0.05, 0.1) is 12.2 Å². The highest BCUT2D eigenvalue weighted by Gasteiger charge is 2.36. The first-order valence-electron chi connectivity index (χ1n) is 8.73. The lowest BCUT2D eigenvalue weighted by Crippen LogP contribution is -2.24. The average molecular weight is 368 g/mol. The van der Waals surface area contributed by atoms with Crippen molar-refractivity contribution in [2.24, 2.45) is 0 Å². The van der Waals surface area contributed by atoms with E-state index >= 15 is 0 Å². The van der Waals surface area contributed by atoms with E-state index in [1.54, 1.807) is 0 Å². The van der Waals surface area contributed by atoms with Gasteiger partial charge in [0, 0.05) is 30.7 Å². The van der Waals surface area contributed by atoms with Gasteiger partial charge in [-0.15, -0.1) is 0 Å². The quantitative estimate of drug-likeness (QED) is 0.841. The van der Waals surface area contributed by atoms with Crippen molar-refractivity contribution in [2.45, 2.75) is 70.8 Å². The SMILES string of the molecule is Cc1noc(C)c1CCC(=O)NCc1nc(C2CCC(F)(F)CC2)no1. The van der Waals surface area contributed by atoms with Crippen LogP contribution in [-0.2, 0) is 17.8 Å². The van der Waals surface area contributed by atoms with Gasteiger partial charge in [-0.3, -0.25) is 4.79 Å². The molecule has 2 heterocycles. The highest BCUT2D eigenvalue weighted by atomic mass is 19.3. The number of carbonyl (C=O) groups is 1. The Morgan fingerprint density at radius 3 is 2.62 bits per heavy atom. The van der Waals surface area contributed by atoms with E-state index in [0.717, 1.165) is 17.0 Å². The van der Waals surface area contributed by atoms with Crippen LogP contribution in [-0.4, -0.2) is 27.1 Å². The molecule has 0 saturated heterocycles. The fourth-order valence-corrected chi connectivity index (χ4v) is 3.16. The van der Waals surface area contributed by atoms with Gasteiger partial charge in [-0.05, 0) is 33.1 Å². The number of nitrogens with one attached hydrogen (secondary N) is 1. The molecule has 7 nitrogen and oxygen atoms in total. The van der Waals surface area contributed by atoms with Crippen molar-refractivity contribution in [3.63, 3.8) is 0 Å². The van der Waals surface area contributed by atoms with Gasteiger partial charge < -0.3 is 14.4 Å². The van der Waals surface area contributed by atoms with E-state index in [0.29, 0.717) is 31.5 Å². The first kappa shape index (κ1) is 18.5. The average Bonchev–Trinajstić information content (AvgIpc) is 3.18. The molecule has 0 bridgehead atoms. The lowest BCUT2D eigenvalue weighted by Gasteiger charge is -2.26. The monoisotopic (exact) mass is 368 g/mol. The molecule has 0 spiro atoms. The van der Waals surface area contributed by atoms with Gasteiger partial charge in [0.25, 0.3) is 0 Å². The summed E-state index contributed by atoms with van der Waals surface area (Å²) in [5.41, 5.74) is 1.73. The van der Waals surface area contributed by atoms with Crippen LogP contribution in [0.3, 0.4) is 0 Å². The van der Waals surface area contributed by atoms with Gasteiger partial charge in [-0.2, -0.15) is 4.98 Å². The molecular formula is C17H22F2N4O3. The van der Waals surface area contributed by atoms with Gasteiger partial charge >= 0.3 is 0 Å². The van der Waals surface area contributed by atoms with Gasteiger partial charge in [0.15, 0.2) is 5.82 Å². The number of amides is 1. The molecule has 0 aliphatic heterocycles. The summed E-state index contributed by atoms with van der Waals surface area (Å²) in [7, 11) is 0. The van der Waals surface area contributed by atoms with Crippen molar-refractivity contribution < 1.29 is 22.6 Å². The molecule has 3 rings (SSSR count). The van der Waals surface area contributed by atoms with Crippen molar-refractivity contribution in [3.8, 4) is 0 Å². The van der Waals surface area contributed by atoms with Gasteiger partial charge in [-0.1, -0.05) is 10.3 Å². The van der Waals surface area contributed by atoms with Crippen LogP contribution < -0.4 is 5.32 Å². The number of nitrogens with zero attached hydrogens (tertiary/aromatic N) is 3. The predicted molar refractivity (Wildman–Crippen MR) is 86.6 cm³/mol. The molecule has 0 radical (unpaired) electrons. The van der Waals surface area contributed by atoms with Crippen LogP contribution in [0, 0.1) is 13.8 Å². The Morgan fingerprint density at radius 1 is 1.23 bits per heavy atom. The minimum absolute atomic E-state index is 0.109. The van der Waals surface area contributed by atoms with Crippen molar-refractivity contribution in [1.29, 1.82) is 0 Å². The number of carbonyl (C=O) groups excluding carboxylic acids is 1. The first-order chi connectivity index (χ1) is 12.3. The van der Waals surface area contributed by atoms with E-state index < -0.39 is 5.92 Å². The van der Waals surface area contributed by atoms with E-state index in [4.69, 9.17) is 9.05 Å². The molecule has 26 heavy (non-hydrogen) atoms. The Hall–Kier alpha value is -2.32. The van der Waals surface area contributed by atoms with Crippen LogP contribution >= 0.6 is 0 Å². The maximum absolute atomic E-state index is 13.2. The molecule has 0 unspecified atom stereocenters. The highest BCUT2D eigenvalue weighted by molar-refractivity contribution is 5.76. The van der Waals surface area contributed by atoms with Crippen LogP contribution in [0.1, 0.15) is 66.8 Å². The molecule has 1 aliphatic rings. The largest absolute Gasteiger partial charge is 0.361 e. The van der Waals surface area contributed by atoms with Crippen LogP contribution in [0.4, 0.5) is 8.78 Å². The van der Waals surface area contributed by atoms with Gasteiger partial charge in [0.2, 0.25) is 17.7 Å². The normalized spacial score (nSPS) is 17.4. The van der Waals surface area contributed by atoms with Crippen LogP contribution in [0.25, 0.3) is 0 Å². The minimum Gasteiger partial charge on any atom is -0.361 e. The summed E-state index contributed by atoms with van der Waals surface area (Å²) < 4.78 is 36.6. The second-order valence-electron chi connectivity index (χ2n) is 6.76. The maximum atomic E-state index is 13.2. The third-order valence-corrected chi connectivity index (χ3v) is 4.79. The fourth-order valence-electron chi connectivity index (χ4n) is 3.16. The van der Waals surface area contributed by atoms with E-state index in [9.17, 15) is 13.6 Å². The molecule has 2 aromatic rings. The van der Waals surface area contributed by atoms with E-state index in [1.165, 1.54) is 0 Å². The fraction of sp³-hybridized carbons (Fsp3) is 0.647. The summed E-state index contributed by atoms with van der Waals surface area (Å²) in [6.07, 6.45) is 1.21. The van der Waals surface area contributed by atoms with Gasteiger partial charge in [-0.25, -0.2) is 8.78 Å². The Labute approximate surface area is 149 Å². The highest BCUT2D eigenvalue weighted by Crippen LogP contribution is 2.39. The van der Waals surface area contributed by atoms with E-state index in [1.807, 2.05) is 13.8 Å². The number of hydrogen-bond acceptors (Lipinski definition) is 6. The Kier molecular flexibility index (Phi) is 5.33. The van der Waals surface area contributed by atoms with Gasteiger partial charge in [0.1, 0.15) is 5.76 Å². The van der Waals surface area contributed by atoms with Crippen molar-refractivity contribution >= 4 is 5.91 Å². The van der Waals surface area contributed by atoms with Crippen molar-refractivity contribution in [1.82, 2.24) is 20.6 Å². The van der Waals surface area contributed by atoms with Crippen LogP contribution in [0.5, 0.6) is 0 Å². The summed E-state index contributed by atoms with van der Waals surface area (Å²) >= 11 is 0. The molecule has 0 atom stereocenters. The number of halogens is 2. The molecule has 9 heteroatoms. The molecule has 0 aromatic carbocycles. The summed E-state index contributed by atoms with van der Waals surface area (Å²) in [5.74, 6) is -1.40. The third kappa shape index (κ3) is 4.44. The van der Waals surface area contributed by atoms with Crippen molar-refractivity contribution in [2.75, 3.05) is 0 Å². The topological polar surface area (TPSA) is 94.1 Å². The summed E-state index contributed by atoms with van der Waals surface area (Å²) in [6.45, 7) is 3.77. The molecule has 1 fully saturated rings. The zero-order valence-corrected chi connectivity index (χ0v) is 14.8. The molecule has 1 aliphatic carbocycles. The van der Waals surface area contributed by atoms with Crippen LogP contribution in [0.2, 0.25) is 0 Å².